The van der Waals surface area contributed by atoms with Gasteiger partial charge in [0, 0.05) is 49.2 Å². The molecule has 1 amide bonds. The van der Waals surface area contributed by atoms with Crippen molar-refractivity contribution >= 4 is 37.3 Å². The van der Waals surface area contributed by atoms with Gasteiger partial charge in [0.1, 0.15) is 21.9 Å². The van der Waals surface area contributed by atoms with Gasteiger partial charge in [-0.15, -0.1) is 11.3 Å². The minimum Gasteiger partial charge on any atom is -0.350 e. The van der Waals surface area contributed by atoms with Crippen molar-refractivity contribution in [2.45, 2.75) is 35.8 Å². The summed E-state index contributed by atoms with van der Waals surface area (Å²) in [4.78, 5) is 18.5. The van der Waals surface area contributed by atoms with Crippen LogP contribution in [0, 0.1) is 11.6 Å². The summed E-state index contributed by atoms with van der Waals surface area (Å²) >= 11 is 0.756. The molecular weight excluding hydrogens is 540 g/mol. The van der Waals surface area contributed by atoms with Crippen LogP contribution in [0.25, 0.3) is 10.4 Å². The minimum absolute atomic E-state index is 0.0277. The van der Waals surface area contributed by atoms with E-state index in [1.54, 1.807) is 0 Å². The van der Waals surface area contributed by atoms with Gasteiger partial charge < -0.3 is 4.74 Å². The van der Waals surface area contributed by atoms with Crippen molar-refractivity contribution in [1.29, 1.82) is 0 Å². The number of halogens is 2. The minimum atomic E-state index is -4.29. The Kier molecular flexibility index (Phi) is 8.09. The first-order valence-electron chi connectivity index (χ1n) is 11.1. The second-order valence-electron chi connectivity index (χ2n) is 8.38. The smallest absolute Gasteiger partial charge is 0.263 e. The van der Waals surface area contributed by atoms with Crippen molar-refractivity contribution < 1.29 is 40.0 Å². The maximum Gasteiger partial charge on any atom is 0.263 e. The Bertz CT molecular complexity index is 1330. The Hall–Kier alpha value is -2.01. The molecule has 198 valence electrons. The number of piperazine rings is 1. The summed E-state index contributed by atoms with van der Waals surface area (Å²) in [7, 11) is -8.00. The fourth-order valence-corrected chi connectivity index (χ4v) is 7.81. The number of carbonyl (C=O) groups excluding carboxylic acids is 1. The molecule has 4 rings (SSSR count). The van der Waals surface area contributed by atoms with Crippen LogP contribution in [0.1, 0.15) is 19.3 Å². The van der Waals surface area contributed by atoms with E-state index in [0.717, 1.165) is 45.1 Å². The van der Waals surface area contributed by atoms with Gasteiger partial charge in [-0.3, -0.25) is 4.79 Å². The predicted octanol–water partition coefficient (Wildman–Crippen LogP) is 1.90. The lowest BCUT2D eigenvalue weighted by Gasteiger charge is -2.38. The Morgan fingerprint density at radius 3 is 2.58 bits per heavy atom. The molecule has 36 heavy (non-hydrogen) atoms. The first-order chi connectivity index (χ1) is 17.0. The van der Waals surface area contributed by atoms with E-state index in [4.69, 9.17) is 9.57 Å². The fraction of sp³-hybridized carbons (Fsp3) is 0.476. The number of hydroxylamine groups is 1. The molecule has 2 fully saturated rings. The van der Waals surface area contributed by atoms with Gasteiger partial charge in [0.15, 0.2) is 6.29 Å². The SMILES string of the molecule is CS(=O)(=O)N1CCN(S(=O)(=O)c2ccc(-c3ccc(F)cc3F)s2)[C@@H](C(=O)NOC2CCCCO2)C1. The van der Waals surface area contributed by atoms with Gasteiger partial charge in [-0.05, 0) is 37.1 Å². The lowest BCUT2D eigenvalue weighted by Crippen LogP contribution is -2.61. The number of nitrogens with one attached hydrogen (secondary N) is 1. The summed E-state index contributed by atoms with van der Waals surface area (Å²) in [6.07, 6.45) is 2.52. The molecule has 2 atom stereocenters. The molecule has 10 nitrogen and oxygen atoms in total. The second kappa shape index (κ2) is 10.8. The molecular formula is C21H25F2N3O7S3. The zero-order valence-electron chi connectivity index (χ0n) is 19.2. The van der Waals surface area contributed by atoms with Crippen LogP contribution in [0.2, 0.25) is 0 Å². The van der Waals surface area contributed by atoms with Gasteiger partial charge in [0.05, 0.1) is 6.26 Å². The van der Waals surface area contributed by atoms with Crippen molar-refractivity contribution in [3.63, 3.8) is 0 Å². The third kappa shape index (κ3) is 5.93. The van der Waals surface area contributed by atoms with E-state index in [-0.39, 0.29) is 27.7 Å². The number of benzene rings is 1. The van der Waals surface area contributed by atoms with Crippen molar-refractivity contribution in [3.8, 4) is 10.4 Å². The first kappa shape index (κ1) is 27.0. The number of thiophene rings is 1. The molecule has 0 aliphatic carbocycles. The normalized spacial score (nSPS) is 22.4. The van der Waals surface area contributed by atoms with E-state index in [2.05, 4.69) is 5.48 Å². The van der Waals surface area contributed by atoms with Crippen LogP contribution in [-0.4, -0.2) is 76.2 Å². The standard InChI is InChI=1S/C21H25F2N3O7S3/c1-35(28,29)25-9-10-26(17(13-25)21(27)24-33-19-4-2-3-11-32-19)36(30,31)20-8-7-18(34-20)15-6-5-14(22)12-16(15)23/h5-8,12,17,19H,2-4,9-11,13H2,1H3,(H,24,27)/t17-,19?/m1/s1. The molecule has 0 spiro atoms. The van der Waals surface area contributed by atoms with Crippen LogP contribution >= 0.6 is 11.3 Å². The number of ether oxygens (including phenoxy) is 1. The van der Waals surface area contributed by atoms with Gasteiger partial charge >= 0.3 is 0 Å². The number of sulfonamides is 2. The summed E-state index contributed by atoms with van der Waals surface area (Å²) in [6, 6.07) is 4.20. The van der Waals surface area contributed by atoms with Crippen LogP contribution in [-0.2, 0) is 34.4 Å². The van der Waals surface area contributed by atoms with E-state index < -0.39 is 56.5 Å². The Labute approximate surface area is 211 Å². The highest BCUT2D eigenvalue weighted by molar-refractivity contribution is 7.91. The largest absolute Gasteiger partial charge is 0.350 e. The van der Waals surface area contributed by atoms with Gasteiger partial charge in [-0.1, -0.05) is 0 Å². The van der Waals surface area contributed by atoms with Crippen LogP contribution in [0.3, 0.4) is 0 Å². The summed E-state index contributed by atoms with van der Waals surface area (Å²) in [6.45, 7) is -0.393. The maximum atomic E-state index is 14.2. The summed E-state index contributed by atoms with van der Waals surface area (Å²) in [5.41, 5.74) is 2.25. The molecule has 1 aromatic heterocycles. The average Bonchev–Trinajstić information content (AvgIpc) is 3.33. The third-order valence-corrected chi connectivity index (χ3v) is 10.6. The topological polar surface area (TPSA) is 122 Å². The molecule has 0 radical (unpaired) electrons. The van der Waals surface area contributed by atoms with Crippen molar-refractivity contribution in [2.75, 3.05) is 32.5 Å². The maximum absolute atomic E-state index is 14.2. The van der Waals surface area contributed by atoms with Crippen LogP contribution in [0.4, 0.5) is 8.78 Å². The number of hydrogen-bond donors (Lipinski definition) is 1. The first-order valence-corrected chi connectivity index (χ1v) is 15.2. The molecule has 2 saturated heterocycles. The van der Waals surface area contributed by atoms with Gasteiger partial charge in [0.25, 0.3) is 15.9 Å². The average molecular weight is 566 g/mol. The second-order valence-corrected chi connectivity index (χ2v) is 13.6. The molecule has 0 saturated carbocycles. The predicted molar refractivity (Wildman–Crippen MR) is 127 cm³/mol. The van der Waals surface area contributed by atoms with E-state index >= 15 is 0 Å². The quantitative estimate of drug-likeness (QED) is 0.509. The highest BCUT2D eigenvalue weighted by Gasteiger charge is 2.43. The molecule has 2 aliphatic rings. The van der Waals surface area contributed by atoms with Crippen molar-refractivity contribution in [1.82, 2.24) is 14.1 Å². The van der Waals surface area contributed by atoms with Crippen LogP contribution in [0.5, 0.6) is 0 Å². The van der Waals surface area contributed by atoms with E-state index in [1.165, 1.54) is 18.2 Å². The zero-order valence-corrected chi connectivity index (χ0v) is 21.7. The van der Waals surface area contributed by atoms with Gasteiger partial charge in [-0.2, -0.15) is 8.61 Å². The Morgan fingerprint density at radius 2 is 1.92 bits per heavy atom. The molecule has 15 heteroatoms. The van der Waals surface area contributed by atoms with Crippen LogP contribution < -0.4 is 5.48 Å². The molecule has 1 unspecified atom stereocenters. The summed E-state index contributed by atoms with van der Waals surface area (Å²) in [5.74, 6) is -2.46. The lowest BCUT2D eigenvalue weighted by atomic mass is 10.2. The lowest BCUT2D eigenvalue weighted by molar-refractivity contribution is -0.202. The van der Waals surface area contributed by atoms with Crippen molar-refractivity contribution in [2.24, 2.45) is 0 Å². The number of rotatable bonds is 7. The molecule has 2 aliphatic heterocycles. The summed E-state index contributed by atoms with van der Waals surface area (Å²) < 4.78 is 85.9. The molecule has 1 N–H and O–H groups in total. The monoisotopic (exact) mass is 565 g/mol. The van der Waals surface area contributed by atoms with Crippen molar-refractivity contribution in [3.05, 3.63) is 42.0 Å². The highest BCUT2D eigenvalue weighted by atomic mass is 32.2. The molecule has 0 bridgehead atoms. The molecule has 3 heterocycles. The van der Waals surface area contributed by atoms with Gasteiger partial charge in [0.2, 0.25) is 10.0 Å². The summed E-state index contributed by atoms with van der Waals surface area (Å²) in [5, 5.41) is 0. The molecule has 1 aromatic carbocycles. The number of carbonyl (C=O) groups is 1. The highest BCUT2D eigenvalue weighted by Crippen LogP contribution is 2.35. The number of amides is 1. The van der Waals surface area contributed by atoms with E-state index in [0.29, 0.717) is 19.1 Å². The Morgan fingerprint density at radius 1 is 1.14 bits per heavy atom. The van der Waals surface area contributed by atoms with Gasteiger partial charge in [-0.25, -0.2) is 35.9 Å². The zero-order chi connectivity index (χ0) is 26.1. The molecule has 2 aromatic rings. The number of hydrogen-bond acceptors (Lipinski definition) is 8. The third-order valence-electron chi connectivity index (χ3n) is 5.84. The van der Waals surface area contributed by atoms with Crippen LogP contribution in [0.15, 0.2) is 34.5 Å². The Balaban J connectivity index is 1.59. The van der Waals surface area contributed by atoms with E-state index in [9.17, 15) is 30.4 Å². The fourth-order valence-electron chi connectivity index (χ4n) is 3.95. The number of nitrogens with zero attached hydrogens (tertiary/aromatic N) is 2. The van der Waals surface area contributed by atoms with E-state index in [1.807, 2.05) is 0 Å².